The molecule has 0 aliphatic rings. The lowest BCUT2D eigenvalue weighted by atomic mass is 9.70. The van der Waals surface area contributed by atoms with Crippen LogP contribution in [0, 0.1) is 18.3 Å². The van der Waals surface area contributed by atoms with Crippen LogP contribution < -0.4 is 0 Å². The zero-order chi connectivity index (χ0) is 9.61. The Morgan fingerprint density at radius 2 is 1.83 bits per heavy atom. The quantitative estimate of drug-likeness (QED) is 0.551. The smallest absolute Gasteiger partial charge is 0.0300 e. The van der Waals surface area contributed by atoms with Crippen molar-refractivity contribution in [2.45, 2.75) is 59.8 Å². The summed E-state index contributed by atoms with van der Waals surface area (Å²) in [6.45, 7) is 13.4. The number of rotatable bonds is 6. The maximum absolute atomic E-state index is 4.08. The van der Waals surface area contributed by atoms with Gasteiger partial charge in [-0.25, -0.2) is 0 Å². The molecule has 0 bridgehead atoms. The fourth-order valence-corrected chi connectivity index (χ4v) is 2.06. The van der Waals surface area contributed by atoms with Crippen LogP contribution in [-0.2, 0) is 0 Å². The molecule has 0 nitrogen and oxygen atoms in total. The fraction of sp³-hybridized carbons (Fsp3) is 0.917. The average Bonchev–Trinajstić information content (AvgIpc) is 2.13. The molecule has 0 aliphatic carbocycles. The van der Waals surface area contributed by atoms with Gasteiger partial charge in [-0.05, 0) is 17.8 Å². The normalized spacial score (nSPS) is 14.8. The molecule has 0 fully saturated rings. The van der Waals surface area contributed by atoms with Crippen molar-refractivity contribution in [3.8, 4) is 0 Å². The van der Waals surface area contributed by atoms with Gasteiger partial charge in [0.05, 0.1) is 0 Å². The van der Waals surface area contributed by atoms with E-state index in [1.54, 1.807) is 0 Å². The van der Waals surface area contributed by atoms with Gasteiger partial charge in [0, 0.05) is 0 Å². The maximum atomic E-state index is 4.08. The summed E-state index contributed by atoms with van der Waals surface area (Å²) < 4.78 is 0. The van der Waals surface area contributed by atoms with Crippen LogP contribution in [-0.4, -0.2) is 0 Å². The van der Waals surface area contributed by atoms with Crippen LogP contribution in [0.2, 0.25) is 0 Å². The highest BCUT2D eigenvalue weighted by molar-refractivity contribution is 4.81. The number of hydrogen-bond acceptors (Lipinski definition) is 0. The molecule has 0 amide bonds. The highest BCUT2D eigenvalue weighted by Gasteiger charge is 2.28. The van der Waals surface area contributed by atoms with E-state index >= 15 is 0 Å². The fourth-order valence-electron chi connectivity index (χ4n) is 2.06. The lowest BCUT2D eigenvalue weighted by molar-refractivity contribution is 0.160. The van der Waals surface area contributed by atoms with E-state index in [1.165, 1.54) is 25.7 Å². The minimum Gasteiger partial charge on any atom is -0.0654 e. The predicted molar refractivity (Wildman–Crippen MR) is 57.1 cm³/mol. The molecule has 0 aromatic rings. The van der Waals surface area contributed by atoms with E-state index in [0.29, 0.717) is 5.41 Å². The lowest BCUT2D eigenvalue weighted by Crippen LogP contribution is -2.25. The van der Waals surface area contributed by atoms with Gasteiger partial charge in [0.15, 0.2) is 0 Å². The highest BCUT2D eigenvalue weighted by atomic mass is 14.3. The molecule has 0 aromatic heterocycles. The molecular formula is C12H25. The summed E-state index contributed by atoms with van der Waals surface area (Å²) in [5.74, 6) is 0.880. The summed E-state index contributed by atoms with van der Waals surface area (Å²) in [6.07, 6.45) is 6.36. The third-order valence-corrected chi connectivity index (χ3v) is 3.49. The van der Waals surface area contributed by atoms with Gasteiger partial charge >= 0.3 is 0 Å². The van der Waals surface area contributed by atoms with Crippen LogP contribution in [0.5, 0.6) is 0 Å². The molecule has 0 saturated carbocycles. The summed E-state index contributed by atoms with van der Waals surface area (Å²) in [7, 11) is 0. The van der Waals surface area contributed by atoms with E-state index in [0.717, 1.165) is 12.3 Å². The van der Waals surface area contributed by atoms with Crippen molar-refractivity contribution >= 4 is 0 Å². The second-order valence-corrected chi connectivity index (χ2v) is 4.15. The molecule has 73 valence electrons. The van der Waals surface area contributed by atoms with Crippen LogP contribution in [0.15, 0.2) is 0 Å². The van der Waals surface area contributed by atoms with Crippen molar-refractivity contribution in [3.05, 3.63) is 6.92 Å². The van der Waals surface area contributed by atoms with Crippen LogP contribution in [0.3, 0.4) is 0 Å². The van der Waals surface area contributed by atoms with Crippen molar-refractivity contribution in [2.24, 2.45) is 11.3 Å². The van der Waals surface area contributed by atoms with Crippen molar-refractivity contribution in [1.82, 2.24) is 0 Å². The predicted octanol–water partition coefficient (Wildman–Crippen LogP) is 4.45. The third-order valence-electron chi connectivity index (χ3n) is 3.49. The SMILES string of the molecule is [CH2]CC(C)(CC)C(CC)CCC. The van der Waals surface area contributed by atoms with Gasteiger partial charge in [-0.15, -0.1) is 0 Å². The zero-order valence-corrected chi connectivity index (χ0v) is 9.32. The summed E-state index contributed by atoms with van der Waals surface area (Å²) in [5, 5.41) is 0. The van der Waals surface area contributed by atoms with Gasteiger partial charge < -0.3 is 0 Å². The van der Waals surface area contributed by atoms with Gasteiger partial charge in [0.1, 0.15) is 0 Å². The first-order chi connectivity index (χ1) is 5.64. The van der Waals surface area contributed by atoms with Crippen LogP contribution in [0.4, 0.5) is 0 Å². The summed E-state index contributed by atoms with van der Waals surface area (Å²) in [4.78, 5) is 0. The van der Waals surface area contributed by atoms with Crippen molar-refractivity contribution < 1.29 is 0 Å². The Morgan fingerprint density at radius 1 is 1.25 bits per heavy atom. The molecule has 0 spiro atoms. The van der Waals surface area contributed by atoms with Gasteiger partial charge in [0.2, 0.25) is 0 Å². The van der Waals surface area contributed by atoms with E-state index in [9.17, 15) is 0 Å². The molecule has 0 aromatic carbocycles. The van der Waals surface area contributed by atoms with Crippen LogP contribution in [0.1, 0.15) is 59.8 Å². The van der Waals surface area contributed by atoms with Crippen LogP contribution in [0.25, 0.3) is 0 Å². The van der Waals surface area contributed by atoms with Crippen molar-refractivity contribution in [3.63, 3.8) is 0 Å². The third kappa shape index (κ3) is 2.80. The maximum Gasteiger partial charge on any atom is -0.0300 e. The molecule has 12 heavy (non-hydrogen) atoms. The highest BCUT2D eigenvalue weighted by Crippen LogP contribution is 2.39. The molecule has 2 unspecified atom stereocenters. The minimum absolute atomic E-state index is 0.491. The lowest BCUT2D eigenvalue weighted by Gasteiger charge is -2.35. The molecule has 1 radical (unpaired) electrons. The van der Waals surface area contributed by atoms with E-state index in [2.05, 4.69) is 34.6 Å². The standard InChI is InChI=1S/C12H25/c1-6-10-11(7-2)12(5,8-3)9-4/h11H,3,6-10H2,1-2,4-5H3. The summed E-state index contributed by atoms with van der Waals surface area (Å²) in [5.41, 5.74) is 0.491. The Kier molecular flexibility index (Phi) is 5.61. The Hall–Kier alpha value is 0. The van der Waals surface area contributed by atoms with E-state index < -0.39 is 0 Å². The van der Waals surface area contributed by atoms with Gasteiger partial charge in [0.25, 0.3) is 0 Å². The van der Waals surface area contributed by atoms with Crippen molar-refractivity contribution in [2.75, 3.05) is 0 Å². The summed E-state index contributed by atoms with van der Waals surface area (Å²) in [6, 6.07) is 0. The van der Waals surface area contributed by atoms with E-state index in [-0.39, 0.29) is 0 Å². The zero-order valence-electron chi connectivity index (χ0n) is 9.32. The molecule has 2 atom stereocenters. The van der Waals surface area contributed by atoms with Gasteiger partial charge in [-0.1, -0.05) is 60.3 Å². The average molecular weight is 169 g/mol. The molecular weight excluding hydrogens is 144 g/mol. The number of hydrogen-bond donors (Lipinski definition) is 0. The van der Waals surface area contributed by atoms with E-state index in [4.69, 9.17) is 0 Å². The Morgan fingerprint density at radius 3 is 2.08 bits per heavy atom. The second-order valence-electron chi connectivity index (χ2n) is 4.15. The first kappa shape index (κ1) is 12.0. The summed E-state index contributed by atoms with van der Waals surface area (Å²) >= 11 is 0. The largest absolute Gasteiger partial charge is 0.0654 e. The molecule has 0 heterocycles. The molecule has 0 saturated heterocycles. The minimum atomic E-state index is 0.491. The van der Waals surface area contributed by atoms with Crippen LogP contribution >= 0.6 is 0 Å². The van der Waals surface area contributed by atoms with Gasteiger partial charge in [-0.3, -0.25) is 0 Å². The Bertz CT molecular complexity index is 101. The molecule has 0 aliphatic heterocycles. The topological polar surface area (TPSA) is 0 Å². The Balaban J connectivity index is 4.21. The monoisotopic (exact) mass is 169 g/mol. The first-order valence-electron chi connectivity index (χ1n) is 5.43. The first-order valence-corrected chi connectivity index (χ1v) is 5.43. The van der Waals surface area contributed by atoms with Gasteiger partial charge in [-0.2, -0.15) is 0 Å². The molecule has 0 N–H and O–H groups in total. The van der Waals surface area contributed by atoms with Crippen molar-refractivity contribution in [1.29, 1.82) is 0 Å². The Labute approximate surface area is 78.8 Å². The molecule has 0 rings (SSSR count). The second kappa shape index (κ2) is 5.61. The molecule has 0 heteroatoms. The van der Waals surface area contributed by atoms with E-state index in [1.807, 2.05) is 0 Å².